The highest BCUT2D eigenvalue weighted by Crippen LogP contribution is 2.33. The molecule has 1 N–H and O–H groups in total. The number of thiophene rings is 1. The molecule has 1 unspecified atom stereocenters. The number of hydrogen-bond donors (Lipinski definition) is 1. The van der Waals surface area contributed by atoms with Gasteiger partial charge in [-0.3, -0.25) is 0 Å². The van der Waals surface area contributed by atoms with Gasteiger partial charge < -0.3 is 10.1 Å². The van der Waals surface area contributed by atoms with E-state index >= 15 is 0 Å². The number of ether oxygens (including phenoxy) is 1. The predicted molar refractivity (Wildman–Crippen MR) is 64.3 cm³/mol. The van der Waals surface area contributed by atoms with Gasteiger partial charge in [0.15, 0.2) is 0 Å². The summed E-state index contributed by atoms with van der Waals surface area (Å²) in [5.74, 6) is 0.787. The van der Waals surface area contributed by atoms with Gasteiger partial charge >= 0.3 is 0 Å². The van der Waals surface area contributed by atoms with Gasteiger partial charge in [0.2, 0.25) is 0 Å². The molecule has 1 atom stereocenters. The van der Waals surface area contributed by atoms with Gasteiger partial charge in [0.05, 0.1) is 12.2 Å². The highest BCUT2D eigenvalue weighted by atomic mass is 32.1. The molecule has 3 nitrogen and oxygen atoms in total. The van der Waals surface area contributed by atoms with E-state index in [9.17, 15) is 0 Å². The Morgan fingerprint density at radius 2 is 2.50 bits per heavy atom. The maximum absolute atomic E-state index is 8.73. The largest absolute Gasteiger partial charge is 0.383 e. The molecule has 1 saturated carbocycles. The second-order valence-corrected chi connectivity index (χ2v) is 5.19. The Hall–Kier alpha value is -0.890. The van der Waals surface area contributed by atoms with E-state index in [-0.39, 0.29) is 0 Å². The van der Waals surface area contributed by atoms with Gasteiger partial charge in [-0.1, -0.05) is 0 Å². The van der Waals surface area contributed by atoms with E-state index < -0.39 is 0 Å². The molecule has 4 heteroatoms. The highest BCUT2D eigenvalue weighted by molar-refractivity contribution is 7.10. The van der Waals surface area contributed by atoms with Gasteiger partial charge in [-0.25, -0.2) is 0 Å². The highest BCUT2D eigenvalue weighted by Gasteiger charge is 2.30. The lowest BCUT2D eigenvalue weighted by Crippen LogP contribution is -2.34. The number of nitrogens with zero attached hydrogens (tertiary/aromatic N) is 1. The van der Waals surface area contributed by atoms with Crippen LogP contribution in [0.15, 0.2) is 11.4 Å². The van der Waals surface area contributed by atoms with E-state index in [1.165, 1.54) is 17.7 Å². The average molecular weight is 236 g/mol. The molecule has 1 aromatic heterocycles. The Morgan fingerprint density at radius 3 is 3.06 bits per heavy atom. The molecule has 1 heterocycles. The van der Waals surface area contributed by atoms with Crippen LogP contribution in [-0.4, -0.2) is 19.8 Å². The van der Waals surface area contributed by atoms with Crippen LogP contribution in [0.1, 0.15) is 23.3 Å². The molecular formula is C12H16N2OS. The Bertz CT molecular complexity index is 379. The third-order valence-corrected chi connectivity index (χ3v) is 3.80. The number of hydrogen-bond acceptors (Lipinski definition) is 4. The van der Waals surface area contributed by atoms with Crippen LogP contribution in [0.4, 0.5) is 0 Å². The second kappa shape index (κ2) is 5.44. The Labute approximate surface area is 100 Å². The van der Waals surface area contributed by atoms with Gasteiger partial charge in [0.25, 0.3) is 0 Å². The Kier molecular flexibility index (Phi) is 3.94. The quantitative estimate of drug-likeness (QED) is 0.823. The SMILES string of the molecule is COCC(NCc1cc(C#N)cs1)C1CC1. The fourth-order valence-corrected chi connectivity index (χ4v) is 2.56. The zero-order chi connectivity index (χ0) is 11.4. The van der Waals surface area contributed by atoms with Crippen molar-refractivity contribution in [3.8, 4) is 6.07 Å². The molecule has 0 radical (unpaired) electrons. The van der Waals surface area contributed by atoms with Crippen molar-refractivity contribution in [3.05, 3.63) is 21.9 Å². The number of methoxy groups -OCH3 is 1. The summed E-state index contributed by atoms with van der Waals surface area (Å²) in [7, 11) is 1.75. The minimum Gasteiger partial charge on any atom is -0.383 e. The van der Waals surface area contributed by atoms with E-state index in [0.29, 0.717) is 6.04 Å². The molecular weight excluding hydrogens is 220 g/mol. The lowest BCUT2D eigenvalue weighted by Gasteiger charge is -2.16. The second-order valence-electron chi connectivity index (χ2n) is 4.19. The first-order valence-corrected chi connectivity index (χ1v) is 6.41. The van der Waals surface area contributed by atoms with Crippen molar-refractivity contribution in [2.45, 2.75) is 25.4 Å². The van der Waals surface area contributed by atoms with Crippen molar-refractivity contribution in [2.24, 2.45) is 5.92 Å². The van der Waals surface area contributed by atoms with Crippen LogP contribution in [0, 0.1) is 17.2 Å². The summed E-state index contributed by atoms with van der Waals surface area (Å²) in [6, 6.07) is 4.58. The number of nitriles is 1. The predicted octanol–water partition coefficient (Wildman–Crippen LogP) is 2.13. The molecule has 86 valence electrons. The molecule has 1 aliphatic rings. The average Bonchev–Trinajstić information content (AvgIpc) is 3.03. The summed E-state index contributed by atoms with van der Waals surface area (Å²) in [5, 5.41) is 14.1. The molecule has 0 saturated heterocycles. The summed E-state index contributed by atoms with van der Waals surface area (Å²) in [6.45, 7) is 1.62. The van der Waals surface area contributed by atoms with Crippen molar-refractivity contribution < 1.29 is 4.74 Å². The number of nitrogens with one attached hydrogen (secondary N) is 1. The zero-order valence-corrected chi connectivity index (χ0v) is 10.2. The summed E-state index contributed by atoms with van der Waals surface area (Å²) in [5.41, 5.74) is 0.761. The normalized spacial score (nSPS) is 17.0. The van der Waals surface area contributed by atoms with Gasteiger partial charge in [0, 0.05) is 30.0 Å². The molecule has 16 heavy (non-hydrogen) atoms. The van der Waals surface area contributed by atoms with Crippen LogP contribution < -0.4 is 5.32 Å². The van der Waals surface area contributed by atoms with E-state index in [0.717, 1.165) is 24.6 Å². The van der Waals surface area contributed by atoms with Gasteiger partial charge in [-0.15, -0.1) is 11.3 Å². The molecule has 1 aromatic rings. The summed E-state index contributed by atoms with van der Waals surface area (Å²) >= 11 is 1.64. The maximum Gasteiger partial charge on any atom is 0.100 e. The molecule has 0 spiro atoms. The van der Waals surface area contributed by atoms with Crippen molar-refractivity contribution in [3.63, 3.8) is 0 Å². The van der Waals surface area contributed by atoms with Crippen LogP contribution in [0.2, 0.25) is 0 Å². The van der Waals surface area contributed by atoms with E-state index in [2.05, 4.69) is 11.4 Å². The Balaban J connectivity index is 1.82. The van der Waals surface area contributed by atoms with Gasteiger partial charge in [-0.2, -0.15) is 5.26 Å². The molecule has 0 aliphatic heterocycles. The molecule has 1 fully saturated rings. The van der Waals surface area contributed by atoms with Crippen molar-refractivity contribution >= 4 is 11.3 Å². The third kappa shape index (κ3) is 3.05. The lowest BCUT2D eigenvalue weighted by atomic mass is 10.2. The topological polar surface area (TPSA) is 45.0 Å². The summed E-state index contributed by atoms with van der Waals surface area (Å²) < 4.78 is 5.21. The fraction of sp³-hybridized carbons (Fsp3) is 0.583. The lowest BCUT2D eigenvalue weighted by molar-refractivity contribution is 0.157. The van der Waals surface area contributed by atoms with Gasteiger partial charge in [0.1, 0.15) is 6.07 Å². The molecule has 0 amide bonds. The summed E-state index contributed by atoms with van der Waals surface area (Å²) in [4.78, 5) is 1.22. The Morgan fingerprint density at radius 1 is 1.69 bits per heavy atom. The standard InChI is InChI=1S/C12H16N2OS/c1-15-7-12(10-2-3-10)14-6-11-4-9(5-13)8-16-11/h4,8,10,12,14H,2-3,6-7H2,1H3. The first kappa shape index (κ1) is 11.6. The first-order chi connectivity index (χ1) is 7.83. The molecule has 0 aromatic carbocycles. The minimum atomic E-state index is 0.470. The third-order valence-electron chi connectivity index (χ3n) is 2.86. The van der Waals surface area contributed by atoms with Crippen LogP contribution >= 0.6 is 11.3 Å². The molecule has 0 bridgehead atoms. The van der Waals surface area contributed by atoms with E-state index in [4.69, 9.17) is 10.00 Å². The molecule has 1 aliphatic carbocycles. The monoisotopic (exact) mass is 236 g/mol. The van der Waals surface area contributed by atoms with Crippen molar-refractivity contribution in [1.29, 1.82) is 5.26 Å². The zero-order valence-electron chi connectivity index (χ0n) is 9.40. The maximum atomic E-state index is 8.73. The van der Waals surface area contributed by atoms with Crippen molar-refractivity contribution in [1.82, 2.24) is 5.32 Å². The first-order valence-electron chi connectivity index (χ1n) is 5.53. The van der Waals surface area contributed by atoms with Crippen molar-refractivity contribution in [2.75, 3.05) is 13.7 Å². The summed E-state index contributed by atoms with van der Waals surface area (Å²) in [6.07, 6.45) is 2.63. The van der Waals surface area contributed by atoms with Crippen LogP contribution in [0.5, 0.6) is 0 Å². The smallest absolute Gasteiger partial charge is 0.100 e. The van der Waals surface area contributed by atoms with E-state index in [1.807, 2.05) is 11.4 Å². The van der Waals surface area contributed by atoms with Crippen LogP contribution in [-0.2, 0) is 11.3 Å². The van der Waals surface area contributed by atoms with Crippen LogP contribution in [0.25, 0.3) is 0 Å². The molecule has 2 rings (SSSR count). The van der Waals surface area contributed by atoms with E-state index in [1.54, 1.807) is 18.4 Å². The fourth-order valence-electron chi connectivity index (χ4n) is 1.80. The number of rotatable bonds is 6. The van der Waals surface area contributed by atoms with Gasteiger partial charge in [-0.05, 0) is 24.8 Å². The minimum absolute atomic E-state index is 0.470. The van der Waals surface area contributed by atoms with Crippen LogP contribution in [0.3, 0.4) is 0 Å².